The number of nitrogens with one attached hydrogen (secondary N) is 1. The average Bonchev–Trinajstić information content (AvgIpc) is 2.57. The van der Waals surface area contributed by atoms with Gasteiger partial charge in [0.25, 0.3) is 5.56 Å². The van der Waals surface area contributed by atoms with E-state index in [0.717, 1.165) is 19.6 Å². The summed E-state index contributed by atoms with van der Waals surface area (Å²) in [6.07, 6.45) is 2.03. The minimum atomic E-state index is -0.261. The van der Waals surface area contributed by atoms with Crippen LogP contribution in [0.2, 0.25) is 0 Å². The number of benzene rings is 1. The molecule has 6 heteroatoms. The first-order valence-electron chi connectivity index (χ1n) is 8.39. The van der Waals surface area contributed by atoms with Crippen LogP contribution >= 0.6 is 0 Å². The van der Waals surface area contributed by atoms with Crippen molar-refractivity contribution in [2.24, 2.45) is 5.92 Å². The van der Waals surface area contributed by atoms with Gasteiger partial charge >= 0.3 is 0 Å². The normalized spacial score (nSPS) is 16.0. The van der Waals surface area contributed by atoms with E-state index in [9.17, 15) is 4.79 Å². The van der Waals surface area contributed by atoms with Gasteiger partial charge in [0.05, 0.1) is 31.1 Å². The van der Waals surface area contributed by atoms with Gasteiger partial charge in [0.2, 0.25) is 5.75 Å². The van der Waals surface area contributed by atoms with Crippen LogP contribution in [0.1, 0.15) is 22.7 Å². The zero-order valence-electron chi connectivity index (χ0n) is 14.5. The number of aromatic amines is 1. The van der Waals surface area contributed by atoms with Gasteiger partial charge in [0.1, 0.15) is 0 Å². The van der Waals surface area contributed by atoms with E-state index >= 15 is 0 Å². The van der Waals surface area contributed by atoms with E-state index in [1.807, 2.05) is 0 Å². The topological polar surface area (TPSA) is 82.0 Å². The molecule has 1 N–H and O–H groups in total. The number of nitrogens with zero attached hydrogens (tertiary/aromatic N) is 3. The number of likely N-dealkylation sites (tertiary alicyclic amines) is 1. The van der Waals surface area contributed by atoms with Crippen molar-refractivity contribution in [3.63, 3.8) is 0 Å². The molecule has 0 amide bonds. The fourth-order valence-electron chi connectivity index (χ4n) is 3.25. The van der Waals surface area contributed by atoms with Gasteiger partial charge < -0.3 is 14.6 Å². The molecule has 1 saturated heterocycles. The second-order valence-corrected chi connectivity index (χ2v) is 6.57. The number of nitriles is 1. The van der Waals surface area contributed by atoms with Gasteiger partial charge in [-0.2, -0.15) is 5.26 Å². The summed E-state index contributed by atoms with van der Waals surface area (Å²) in [4.78, 5) is 21.1. The van der Waals surface area contributed by atoms with Gasteiger partial charge in [-0.05, 0) is 12.5 Å². The van der Waals surface area contributed by atoms with Crippen molar-refractivity contribution >= 4 is 0 Å². The lowest BCUT2D eigenvalue weighted by atomic mass is 9.90. The summed E-state index contributed by atoms with van der Waals surface area (Å²) in [5.74, 6) is 0.590. The molecule has 0 spiro atoms. The Morgan fingerprint density at radius 3 is 2.76 bits per heavy atom. The number of hydrogen-bond donors (Lipinski definition) is 1. The van der Waals surface area contributed by atoms with Crippen molar-refractivity contribution in [2.45, 2.75) is 19.3 Å². The van der Waals surface area contributed by atoms with Crippen LogP contribution in [-0.2, 0) is 6.42 Å². The SMILES string of the molecule is COc1c(C[C@H](CN2CC(C#N)C2)c2ccc(C)cc2)nc[nH]c1=O. The monoisotopic (exact) mass is 338 g/mol. The predicted molar refractivity (Wildman–Crippen MR) is 94.6 cm³/mol. The Morgan fingerprint density at radius 1 is 1.40 bits per heavy atom. The summed E-state index contributed by atoms with van der Waals surface area (Å²) < 4.78 is 5.25. The van der Waals surface area contributed by atoms with Gasteiger partial charge in [-0.25, -0.2) is 4.98 Å². The molecule has 6 nitrogen and oxygen atoms in total. The van der Waals surface area contributed by atoms with Gasteiger partial charge in [-0.1, -0.05) is 29.8 Å². The van der Waals surface area contributed by atoms with E-state index in [2.05, 4.69) is 52.1 Å². The Morgan fingerprint density at radius 2 is 2.12 bits per heavy atom. The van der Waals surface area contributed by atoms with Crippen molar-refractivity contribution in [1.82, 2.24) is 14.9 Å². The van der Waals surface area contributed by atoms with Gasteiger partial charge in [-0.3, -0.25) is 4.79 Å². The molecule has 130 valence electrons. The highest BCUT2D eigenvalue weighted by Gasteiger charge is 2.29. The van der Waals surface area contributed by atoms with Crippen LogP contribution in [0.15, 0.2) is 35.4 Å². The molecule has 0 saturated carbocycles. The van der Waals surface area contributed by atoms with Crippen LogP contribution in [-0.4, -0.2) is 41.6 Å². The maximum absolute atomic E-state index is 11.9. The summed E-state index contributed by atoms with van der Waals surface area (Å²) in [6.45, 7) is 4.50. The summed E-state index contributed by atoms with van der Waals surface area (Å²) in [6, 6.07) is 10.8. The standard InChI is InChI=1S/C19H22N4O2/c1-13-3-5-15(6-4-13)16(11-23-9-14(8-20)10-23)7-17-18(25-2)19(24)22-12-21-17/h3-6,12,14,16H,7,9-11H2,1-2H3,(H,21,22,24)/t16-/m1/s1. The van der Waals surface area contributed by atoms with Crippen LogP contribution in [0.5, 0.6) is 5.75 Å². The minimum absolute atomic E-state index is 0.130. The number of methoxy groups -OCH3 is 1. The molecule has 25 heavy (non-hydrogen) atoms. The molecule has 1 aromatic heterocycles. The van der Waals surface area contributed by atoms with E-state index in [1.165, 1.54) is 24.6 Å². The summed E-state index contributed by atoms with van der Waals surface area (Å²) in [7, 11) is 1.49. The minimum Gasteiger partial charge on any atom is -0.490 e. The first kappa shape index (κ1) is 17.2. The van der Waals surface area contributed by atoms with E-state index < -0.39 is 0 Å². The van der Waals surface area contributed by atoms with Gasteiger partial charge in [0, 0.05) is 32.0 Å². The van der Waals surface area contributed by atoms with Crippen LogP contribution in [0.3, 0.4) is 0 Å². The highest BCUT2D eigenvalue weighted by Crippen LogP contribution is 2.27. The lowest BCUT2D eigenvalue weighted by Crippen LogP contribution is -2.47. The van der Waals surface area contributed by atoms with Gasteiger partial charge in [-0.15, -0.1) is 0 Å². The second-order valence-electron chi connectivity index (χ2n) is 6.57. The molecule has 0 radical (unpaired) electrons. The maximum Gasteiger partial charge on any atom is 0.293 e. The highest BCUT2D eigenvalue weighted by atomic mass is 16.5. The third kappa shape index (κ3) is 3.89. The lowest BCUT2D eigenvalue weighted by Gasteiger charge is -2.37. The third-order valence-corrected chi connectivity index (χ3v) is 4.70. The fourth-order valence-corrected chi connectivity index (χ4v) is 3.25. The second kappa shape index (κ2) is 7.49. The quantitative estimate of drug-likeness (QED) is 0.869. The number of aryl methyl sites for hydroxylation is 1. The predicted octanol–water partition coefficient (Wildman–Crippen LogP) is 1.87. The highest BCUT2D eigenvalue weighted by molar-refractivity contribution is 5.30. The molecular weight excluding hydrogens is 316 g/mol. The molecule has 2 aromatic rings. The molecule has 0 bridgehead atoms. The molecule has 0 unspecified atom stereocenters. The molecule has 1 fully saturated rings. The Balaban J connectivity index is 1.84. The van der Waals surface area contributed by atoms with E-state index in [4.69, 9.17) is 10.00 Å². The van der Waals surface area contributed by atoms with Crippen molar-refractivity contribution in [2.75, 3.05) is 26.7 Å². The Hall–Kier alpha value is -2.65. The maximum atomic E-state index is 11.9. The Labute approximate surface area is 147 Å². The van der Waals surface area contributed by atoms with Crippen LogP contribution in [0.25, 0.3) is 0 Å². The molecule has 2 heterocycles. The van der Waals surface area contributed by atoms with Gasteiger partial charge in [0.15, 0.2) is 0 Å². The Kier molecular flexibility index (Phi) is 5.15. The smallest absolute Gasteiger partial charge is 0.293 e. The number of hydrogen-bond acceptors (Lipinski definition) is 5. The number of aromatic nitrogens is 2. The Bertz CT molecular complexity index is 817. The van der Waals surface area contributed by atoms with E-state index in [1.54, 1.807) is 0 Å². The number of rotatable bonds is 6. The molecular formula is C19H22N4O2. The summed E-state index contributed by atoms with van der Waals surface area (Å²) >= 11 is 0. The number of H-pyrrole nitrogens is 1. The summed E-state index contributed by atoms with van der Waals surface area (Å²) in [5, 5.41) is 8.98. The lowest BCUT2D eigenvalue weighted by molar-refractivity contribution is 0.125. The largest absolute Gasteiger partial charge is 0.490 e. The van der Waals surface area contributed by atoms with Crippen LogP contribution < -0.4 is 10.3 Å². The summed E-state index contributed by atoms with van der Waals surface area (Å²) in [5.41, 5.74) is 2.82. The van der Waals surface area contributed by atoms with E-state index in [0.29, 0.717) is 12.1 Å². The first-order chi connectivity index (χ1) is 12.1. The van der Waals surface area contributed by atoms with Crippen molar-refractivity contribution in [1.29, 1.82) is 5.26 Å². The van der Waals surface area contributed by atoms with Crippen molar-refractivity contribution in [3.8, 4) is 11.8 Å². The fraction of sp³-hybridized carbons (Fsp3) is 0.421. The molecule has 3 rings (SSSR count). The molecule has 1 atom stereocenters. The van der Waals surface area contributed by atoms with Crippen LogP contribution in [0.4, 0.5) is 0 Å². The zero-order chi connectivity index (χ0) is 17.8. The van der Waals surface area contributed by atoms with E-state index in [-0.39, 0.29) is 23.1 Å². The van der Waals surface area contributed by atoms with Crippen molar-refractivity contribution in [3.05, 3.63) is 57.8 Å². The van der Waals surface area contributed by atoms with Crippen molar-refractivity contribution < 1.29 is 4.74 Å². The van der Waals surface area contributed by atoms with Crippen LogP contribution in [0, 0.1) is 24.2 Å². The molecule has 0 aliphatic carbocycles. The number of ether oxygens (including phenoxy) is 1. The zero-order valence-corrected chi connectivity index (χ0v) is 14.5. The first-order valence-corrected chi connectivity index (χ1v) is 8.39. The molecule has 1 aliphatic rings. The molecule has 1 aliphatic heterocycles. The average molecular weight is 338 g/mol. The third-order valence-electron chi connectivity index (χ3n) is 4.70. The molecule has 1 aromatic carbocycles.